The van der Waals surface area contributed by atoms with E-state index in [0.717, 1.165) is 24.6 Å². The average Bonchev–Trinajstić information content (AvgIpc) is 3.39. The number of piperidine rings is 1. The number of H-pyrrole nitrogens is 1. The highest BCUT2D eigenvalue weighted by Gasteiger charge is 2.29. The van der Waals surface area contributed by atoms with Crippen LogP contribution in [0.5, 0.6) is 0 Å². The molecule has 2 aromatic heterocycles. The number of amides is 2. The number of anilines is 2. The number of aromatic amines is 1. The van der Waals surface area contributed by atoms with E-state index >= 15 is 0 Å². The number of aliphatic hydroxyl groups excluding tert-OH is 1. The summed E-state index contributed by atoms with van der Waals surface area (Å²) in [7, 11) is 0. The molecule has 4 heterocycles. The molecule has 1 aromatic carbocycles. The third-order valence-electron chi connectivity index (χ3n) is 5.55. The Kier molecular flexibility index (Phi) is 5.86. The second kappa shape index (κ2) is 8.95. The van der Waals surface area contributed by atoms with Crippen molar-refractivity contribution >= 4 is 58.0 Å². The van der Waals surface area contributed by atoms with E-state index in [-0.39, 0.29) is 17.9 Å². The highest BCUT2D eigenvalue weighted by Crippen LogP contribution is 2.37. The Morgan fingerprint density at radius 3 is 2.73 bits per heavy atom. The molecule has 3 aromatic rings. The molecule has 0 atom stereocenters. The zero-order valence-electron chi connectivity index (χ0n) is 17.5. The second-order valence-corrected chi connectivity index (χ2v) is 9.25. The zero-order chi connectivity index (χ0) is 22.9. The molecule has 0 unspecified atom stereocenters. The number of carbonyl (C=O) groups excluding carboxylic acids is 2. The van der Waals surface area contributed by atoms with E-state index in [4.69, 9.17) is 11.6 Å². The molecular formula is C22H21ClN6O3S. The fraction of sp³-hybridized carbons (Fsp3) is 0.273. The van der Waals surface area contributed by atoms with Crippen molar-refractivity contribution < 1.29 is 14.7 Å². The van der Waals surface area contributed by atoms with Gasteiger partial charge in [-0.2, -0.15) is 4.98 Å². The Bertz CT molecular complexity index is 1280. The van der Waals surface area contributed by atoms with Crippen LogP contribution >= 0.6 is 23.4 Å². The summed E-state index contributed by atoms with van der Waals surface area (Å²) in [6.45, 7) is 1.92. The van der Waals surface area contributed by atoms with Crippen LogP contribution in [0.2, 0.25) is 5.02 Å². The first-order valence-electron chi connectivity index (χ1n) is 10.6. The molecule has 2 amide bonds. The number of hydrogen-bond acceptors (Lipinski definition) is 7. The number of imidazole rings is 1. The number of hydrogen-bond donors (Lipinski definition) is 4. The van der Waals surface area contributed by atoms with Crippen LogP contribution in [0.25, 0.3) is 11.2 Å². The maximum Gasteiger partial charge on any atom is 0.264 e. The van der Waals surface area contributed by atoms with Crippen LogP contribution in [0.15, 0.2) is 51.6 Å². The number of nitrogens with zero attached hydrogens (tertiary/aromatic N) is 3. The maximum atomic E-state index is 12.5. The van der Waals surface area contributed by atoms with Crippen molar-refractivity contribution in [1.29, 1.82) is 0 Å². The first-order chi connectivity index (χ1) is 16.0. The number of nitrogens with one attached hydrogen (secondary N) is 3. The van der Waals surface area contributed by atoms with Gasteiger partial charge in [0, 0.05) is 18.0 Å². The molecule has 0 saturated carbocycles. The Morgan fingerprint density at radius 1 is 1.15 bits per heavy atom. The molecule has 5 rings (SSSR count). The summed E-state index contributed by atoms with van der Waals surface area (Å²) in [6.07, 6.45) is 3.58. The van der Waals surface area contributed by atoms with E-state index in [1.165, 1.54) is 31.0 Å². The number of fused-ring (bicyclic) bond motifs is 1. The average molecular weight is 485 g/mol. The number of carbonyl (C=O) groups is 2. The predicted molar refractivity (Wildman–Crippen MR) is 127 cm³/mol. The molecule has 9 nitrogen and oxygen atoms in total. The van der Waals surface area contributed by atoms with Gasteiger partial charge in [-0.05, 0) is 43.5 Å². The molecule has 0 aliphatic carbocycles. The number of aromatic nitrogens is 3. The Labute approximate surface area is 198 Å². The van der Waals surface area contributed by atoms with Crippen LogP contribution in [0.1, 0.15) is 19.3 Å². The van der Waals surface area contributed by atoms with Crippen LogP contribution in [0, 0.1) is 0 Å². The van der Waals surface area contributed by atoms with Crippen LogP contribution in [-0.4, -0.2) is 51.5 Å². The fourth-order valence-corrected chi connectivity index (χ4v) is 4.99. The molecule has 0 radical (unpaired) electrons. The Balaban J connectivity index is 1.35. The van der Waals surface area contributed by atoms with Gasteiger partial charge in [0.15, 0.2) is 5.65 Å². The first-order valence-corrected chi connectivity index (χ1v) is 11.8. The molecule has 1 fully saturated rings. The molecule has 0 bridgehead atoms. The van der Waals surface area contributed by atoms with Gasteiger partial charge >= 0.3 is 0 Å². The molecule has 4 N–H and O–H groups in total. The van der Waals surface area contributed by atoms with Crippen molar-refractivity contribution in [3.05, 3.63) is 46.7 Å². The van der Waals surface area contributed by atoms with Gasteiger partial charge in [-0.3, -0.25) is 9.59 Å². The third-order valence-corrected chi connectivity index (χ3v) is 7.06. The summed E-state index contributed by atoms with van der Waals surface area (Å²) < 4.78 is 0. The van der Waals surface area contributed by atoms with E-state index in [2.05, 4.69) is 30.5 Å². The van der Waals surface area contributed by atoms with Gasteiger partial charge in [0.2, 0.25) is 5.95 Å². The molecule has 11 heteroatoms. The maximum absolute atomic E-state index is 12.5. The van der Waals surface area contributed by atoms with E-state index in [1.54, 1.807) is 12.1 Å². The summed E-state index contributed by atoms with van der Waals surface area (Å²) in [5, 5.41) is 15.8. The van der Waals surface area contributed by atoms with Gasteiger partial charge in [-0.15, -0.1) is 0 Å². The smallest absolute Gasteiger partial charge is 0.264 e. The van der Waals surface area contributed by atoms with E-state index in [1.807, 2.05) is 18.2 Å². The van der Waals surface area contributed by atoms with Crippen molar-refractivity contribution in [2.75, 3.05) is 29.9 Å². The van der Waals surface area contributed by atoms with Crippen molar-refractivity contribution in [2.24, 2.45) is 0 Å². The molecule has 0 spiro atoms. The summed E-state index contributed by atoms with van der Waals surface area (Å²) in [5.74, 6) is -0.782. The zero-order valence-corrected chi connectivity index (χ0v) is 19.1. The summed E-state index contributed by atoms with van der Waals surface area (Å²) in [6, 6.07) is 9.02. The number of benzene rings is 1. The lowest BCUT2D eigenvalue weighted by Gasteiger charge is -2.25. The summed E-state index contributed by atoms with van der Waals surface area (Å²) in [4.78, 5) is 39.8. The monoisotopic (exact) mass is 484 g/mol. The molecule has 33 heavy (non-hydrogen) atoms. The van der Waals surface area contributed by atoms with Crippen LogP contribution in [-0.2, 0) is 9.59 Å². The lowest BCUT2D eigenvalue weighted by Crippen LogP contribution is -2.30. The van der Waals surface area contributed by atoms with Crippen LogP contribution in [0.4, 0.5) is 11.6 Å². The van der Waals surface area contributed by atoms with Gasteiger partial charge in [0.05, 0.1) is 22.8 Å². The van der Waals surface area contributed by atoms with Gasteiger partial charge in [-0.1, -0.05) is 29.4 Å². The minimum Gasteiger partial charge on any atom is -0.509 e. The van der Waals surface area contributed by atoms with Crippen molar-refractivity contribution in [2.45, 2.75) is 29.2 Å². The largest absolute Gasteiger partial charge is 0.509 e. The van der Waals surface area contributed by atoms with Crippen molar-refractivity contribution in [3.8, 4) is 0 Å². The van der Waals surface area contributed by atoms with Crippen molar-refractivity contribution in [3.63, 3.8) is 0 Å². The quantitative estimate of drug-likeness (QED) is 0.408. The minimum atomic E-state index is -0.715. The molecule has 170 valence electrons. The lowest BCUT2D eigenvalue weighted by molar-refractivity contribution is -0.120. The molecule has 2 aliphatic rings. The normalized spacial score (nSPS) is 16.4. The van der Waals surface area contributed by atoms with Gasteiger partial charge in [0.1, 0.15) is 16.4 Å². The van der Waals surface area contributed by atoms with E-state index in [9.17, 15) is 14.7 Å². The van der Waals surface area contributed by atoms with Crippen LogP contribution < -0.4 is 15.5 Å². The highest BCUT2D eigenvalue weighted by atomic mass is 35.5. The molecule has 1 saturated heterocycles. The molecular weight excluding hydrogens is 464 g/mol. The SMILES string of the molecule is O=C1NCC(O)=C1C(=O)Nc1cccc(Sc2ccc3[nH]c(N4CCCCC4)nc3n2)c1Cl. The number of aliphatic hydroxyl groups is 1. The first kappa shape index (κ1) is 21.6. The topological polar surface area (TPSA) is 123 Å². The Morgan fingerprint density at radius 2 is 1.97 bits per heavy atom. The lowest BCUT2D eigenvalue weighted by atomic mass is 10.1. The second-order valence-electron chi connectivity index (χ2n) is 7.81. The van der Waals surface area contributed by atoms with Gasteiger partial charge in [-0.25, -0.2) is 4.98 Å². The number of rotatable bonds is 5. The van der Waals surface area contributed by atoms with E-state index in [0.29, 0.717) is 26.3 Å². The van der Waals surface area contributed by atoms with Crippen LogP contribution in [0.3, 0.4) is 0 Å². The number of halogens is 1. The Hall–Kier alpha value is -3.24. The van der Waals surface area contributed by atoms with E-state index < -0.39 is 11.8 Å². The fourth-order valence-electron chi connectivity index (χ4n) is 3.86. The number of pyridine rings is 1. The van der Waals surface area contributed by atoms with Crippen molar-refractivity contribution in [1.82, 2.24) is 20.3 Å². The minimum absolute atomic E-state index is 0.0635. The standard InChI is InChI=1S/C22H21ClN6O3S/c23-18-12(25-21(32)17-14(30)11-24-20(17)31)5-4-6-15(18)33-16-8-7-13-19(27-16)28-22(26-13)29-9-2-1-3-10-29/h4-8,30H,1-3,9-11H2,(H,24,31)(H,25,32)(H,26,27,28). The predicted octanol–water partition coefficient (Wildman–Crippen LogP) is 3.63. The summed E-state index contributed by atoms with van der Waals surface area (Å²) >= 11 is 7.88. The molecule has 2 aliphatic heterocycles. The van der Waals surface area contributed by atoms with Gasteiger partial charge < -0.3 is 25.6 Å². The third kappa shape index (κ3) is 4.36. The summed E-state index contributed by atoms with van der Waals surface area (Å²) in [5.41, 5.74) is 1.53. The van der Waals surface area contributed by atoms with Gasteiger partial charge in [0.25, 0.3) is 11.8 Å². The highest BCUT2D eigenvalue weighted by molar-refractivity contribution is 7.99.